The van der Waals surface area contributed by atoms with E-state index in [-0.39, 0.29) is 5.41 Å². The average molecular weight is 469 g/mol. The highest BCUT2D eigenvalue weighted by Crippen LogP contribution is 2.41. The first-order valence-corrected chi connectivity index (χ1v) is 12.7. The molecule has 4 aromatic heterocycles. The van der Waals surface area contributed by atoms with Crippen molar-refractivity contribution in [1.29, 1.82) is 0 Å². The Kier molecular flexibility index (Phi) is 4.65. The monoisotopic (exact) mass is 468 g/mol. The van der Waals surface area contributed by atoms with E-state index in [1.54, 1.807) is 17.7 Å². The van der Waals surface area contributed by atoms with Gasteiger partial charge in [0.15, 0.2) is 0 Å². The second kappa shape index (κ2) is 7.41. The second-order valence-electron chi connectivity index (χ2n) is 10.7. The molecule has 0 spiro atoms. The number of hydrogen-bond acceptors (Lipinski definition) is 5. The molecular weight excluding hydrogens is 440 g/mol. The third-order valence-electron chi connectivity index (χ3n) is 6.63. The van der Waals surface area contributed by atoms with Crippen LogP contribution in [0.4, 0.5) is 0 Å². The number of benzene rings is 2. The molecule has 0 bridgehead atoms. The maximum atomic E-state index is 6.27. The molecule has 34 heavy (non-hydrogen) atoms. The lowest BCUT2D eigenvalue weighted by atomic mass is 9.85. The Hall–Kier alpha value is -3.18. The summed E-state index contributed by atoms with van der Waals surface area (Å²) < 4.78 is 13.8. The van der Waals surface area contributed by atoms with Crippen LogP contribution in [-0.2, 0) is 11.8 Å². The summed E-state index contributed by atoms with van der Waals surface area (Å²) in [6, 6.07) is 10.9. The van der Waals surface area contributed by atoms with Gasteiger partial charge < -0.3 is 8.83 Å². The van der Waals surface area contributed by atoms with Gasteiger partial charge >= 0.3 is 0 Å². The third-order valence-corrected chi connectivity index (χ3v) is 7.59. The number of hydrogen-bond donors (Lipinski definition) is 0. The van der Waals surface area contributed by atoms with Crippen LogP contribution in [0.15, 0.2) is 50.9 Å². The molecule has 172 valence electrons. The Morgan fingerprint density at radius 3 is 2.50 bits per heavy atom. The summed E-state index contributed by atoms with van der Waals surface area (Å²) in [6.45, 7) is 13.3. The van der Waals surface area contributed by atoms with Crippen molar-refractivity contribution in [3.63, 3.8) is 0 Å². The van der Waals surface area contributed by atoms with E-state index < -0.39 is 0 Å². The Balaban J connectivity index is 1.65. The molecule has 0 unspecified atom stereocenters. The summed E-state index contributed by atoms with van der Waals surface area (Å²) >= 11 is 1.80. The molecule has 0 aliphatic rings. The van der Waals surface area contributed by atoms with Crippen molar-refractivity contribution < 1.29 is 8.83 Å². The molecule has 0 fully saturated rings. The number of aryl methyl sites for hydroxylation is 1. The Labute approximate surface area is 202 Å². The van der Waals surface area contributed by atoms with E-state index in [1.807, 2.05) is 0 Å². The van der Waals surface area contributed by atoms with Crippen molar-refractivity contribution in [2.45, 2.75) is 53.4 Å². The first-order chi connectivity index (χ1) is 16.2. The smallest absolute Gasteiger partial charge is 0.230 e. The number of thiophene rings is 1. The molecule has 4 nitrogen and oxygen atoms in total. The number of nitrogens with zero attached hydrogens (tertiary/aromatic N) is 2. The highest BCUT2D eigenvalue weighted by atomic mass is 32.1. The molecule has 5 heteroatoms. The quantitative estimate of drug-likeness (QED) is 0.260. The summed E-state index contributed by atoms with van der Waals surface area (Å²) in [5.41, 5.74) is 6.92. The molecule has 4 heterocycles. The molecule has 6 rings (SSSR count). The van der Waals surface area contributed by atoms with Crippen LogP contribution in [0.3, 0.4) is 0 Å². The van der Waals surface area contributed by atoms with Gasteiger partial charge in [0, 0.05) is 26.6 Å². The summed E-state index contributed by atoms with van der Waals surface area (Å²) in [5.74, 6) is 1.53. The number of fused-ring (bicyclic) bond motifs is 5. The van der Waals surface area contributed by atoms with Crippen LogP contribution in [-0.4, -0.2) is 9.97 Å². The molecule has 0 saturated carbocycles. The molecule has 0 radical (unpaired) electrons. The summed E-state index contributed by atoms with van der Waals surface area (Å²) in [4.78, 5) is 9.24. The highest BCUT2D eigenvalue weighted by molar-refractivity contribution is 7.17. The van der Waals surface area contributed by atoms with Crippen LogP contribution < -0.4 is 0 Å². The number of furan rings is 2. The molecular formula is C29H28N2O2S. The van der Waals surface area contributed by atoms with Gasteiger partial charge in [0.25, 0.3) is 0 Å². The van der Waals surface area contributed by atoms with E-state index >= 15 is 0 Å². The zero-order valence-corrected chi connectivity index (χ0v) is 21.3. The fourth-order valence-electron chi connectivity index (χ4n) is 5.03. The van der Waals surface area contributed by atoms with Crippen LogP contribution in [0, 0.1) is 12.8 Å². The van der Waals surface area contributed by atoms with Crippen LogP contribution in [0.5, 0.6) is 0 Å². The van der Waals surface area contributed by atoms with Crippen LogP contribution in [0.25, 0.3) is 54.4 Å². The van der Waals surface area contributed by atoms with E-state index in [0.29, 0.717) is 11.6 Å². The second-order valence-corrected chi connectivity index (χ2v) is 11.6. The van der Waals surface area contributed by atoms with Crippen molar-refractivity contribution in [2.24, 2.45) is 5.92 Å². The van der Waals surface area contributed by atoms with E-state index in [4.69, 9.17) is 13.8 Å². The Morgan fingerprint density at radius 1 is 0.971 bits per heavy atom. The molecule has 0 N–H and O–H groups in total. The van der Waals surface area contributed by atoms with Gasteiger partial charge in [-0.25, -0.2) is 9.97 Å². The first-order valence-electron chi connectivity index (χ1n) is 11.8. The standard InChI is InChI=1S/C29H28N2O2S/c1-15(2)9-19-16(3)32-23-13-21-24(12-20(19)23)33-28-25(21)26(30-14-31-28)18-10-17-7-8-34-27(17)22(11-18)29(4,5)6/h7-8,10-15H,9H2,1-6H3. The minimum atomic E-state index is 0.0222. The molecule has 0 saturated heterocycles. The Morgan fingerprint density at radius 2 is 1.74 bits per heavy atom. The van der Waals surface area contributed by atoms with E-state index in [2.05, 4.69) is 82.2 Å². The molecule has 6 aromatic rings. The summed E-state index contributed by atoms with van der Waals surface area (Å²) in [7, 11) is 0. The van der Waals surface area contributed by atoms with Gasteiger partial charge in [0.2, 0.25) is 5.71 Å². The minimum Gasteiger partial charge on any atom is -0.461 e. The first kappa shape index (κ1) is 21.4. The highest BCUT2D eigenvalue weighted by Gasteiger charge is 2.23. The van der Waals surface area contributed by atoms with Gasteiger partial charge in [-0.2, -0.15) is 0 Å². The number of rotatable bonds is 3. The Bertz CT molecular complexity index is 1710. The zero-order chi connectivity index (χ0) is 23.8. The van der Waals surface area contributed by atoms with Gasteiger partial charge in [-0.3, -0.25) is 0 Å². The van der Waals surface area contributed by atoms with Crippen molar-refractivity contribution in [3.8, 4) is 11.3 Å². The molecule has 0 atom stereocenters. The molecule has 0 aliphatic carbocycles. The predicted octanol–water partition coefficient (Wildman–Crippen LogP) is 8.81. The lowest BCUT2D eigenvalue weighted by Crippen LogP contribution is -2.11. The average Bonchev–Trinajstić information content (AvgIpc) is 3.46. The van der Waals surface area contributed by atoms with Crippen molar-refractivity contribution in [2.75, 3.05) is 0 Å². The maximum Gasteiger partial charge on any atom is 0.230 e. The maximum absolute atomic E-state index is 6.27. The fraction of sp³-hybridized carbons (Fsp3) is 0.310. The van der Waals surface area contributed by atoms with E-state index in [1.165, 1.54) is 21.2 Å². The van der Waals surface area contributed by atoms with Crippen molar-refractivity contribution in [1.82, 2.24) is 9.97 Å². The predicted molar refractivity (Wildman–Crippen MR) is 142 cm³/mol. The summed E-state index contributed by atoms with van der Waals surface area (Å²) in [6.07, 6.45) is 2.58. The van der Waals surface area contributed by atoms with Gasteiger partial charge in [0.05, 0.1) is 11.1 Å². The van der Waals surface area contributed by atoms with Crippen LogP contribution in [0.2, 0.25) is 0 Å². The topological polar surface area (TPSA) is 52.1 Å². The van der Waals surface area contributed by atoms with Crippen LogP contribution >= 0.6 is 11.3 Å². The lowest BCUT2D eigenvalue weighted by molar-refractivity contribution is 0.560. The van der Waals surface area contributed by atoms with Gasteiger partial charge in [-0.1, -0.05) is 34.6 Å². The molecule has 0 amide bonds. The van der Waals surface area contributed by atoms with E-state index in [9.17, 15) is 0 Å². The SMILES string of the molecule is Cc1oc2cc3c(cc2c1CC(C)C)oc1ncnc(-c2cc(C(C)(C)C)c4sccc4c2)c13. The largest absolute Gasteiger partial charge is 0.461 e. The van der Waals surface area contributed by atoms with Crippen molar-refractivity contribution >= 4 is 54.5 Å². The van der Waals surface area contributed by atoms with Crippen molar-refractivity contribution in [3.05, 3.63) is 58.9 Å². The molecule has 2 aromatic carbocycles. The number of aromatic nitrogens is 2. The normalized spacial score (nSPS) is 12.8. The third kappa shape index (κ3) is 3.25. The molecule has 0 aliphatic heterocycles. The van der Waals surface area contributed by atoms with E-state index in [0.717, 1.165) is 50.8 Å². The van der Waals surface area contributed by atoms with Crippen LogP contribution in [0.1, 0.15) is 51.5 Å². The van der Waals surface area contributed by atoms with Gasteiger partial charge in [0.1, 0.15) is 23.3 Å². The fourth-order valence-corrected chi connectivity index (χ4v) is 6.13. The minimum absolute atomic E-state index is 0.0222. The lowest BCUT2D eigenvalue weighted by Gasteiger charge is -2.21. The summed E-state index contributed by atoms with van der Waals surface area (Å²) in [5, 5.41) is 6.47. The van der Waals surface area contributed by atoms with Gasteiger partial charge in [-0.05, 0) is 71.3 Å². The zero-order valence-electron chi connectivity index (χ0n) is 20.4. The van der Waals surface area contributed by atoms with Gasteiger partial charge in [-0.15, -0.1) is 11.3 Å².